The lowest BCUT2D eigenvalue weighted by atomic mass is 10.3. The van der Waals surface area contributed by atoms with Gasteiger partial charge in [-0.2, -0.15) is 4.31 Å². The predicted octanol–water partition coefficient (Wildman–Crippen LogP) is 2.61. The lowest BCUT2D eigenvalue weighted by Crippen LogP contribution is -2.50. The maximum atomic E-state index is 13.3. The number of nitrogens with zero attached hydrogens (tertiary/aromatic N) is 2. The molecule has 0 N–H and O–H groups in total. The molecule has 31 heavy (non-hydrogen) atoms. The minimum Gasteiger partial charge on any atom is -0.493 e. The Kier molecular flexibility index (Phi) is 7.39. The average molecular weight is 473 g/mol. The fourth-order valence-electron chi connectivity index (χ4n) is 3.11. The van der Waals surface area contributed by atoms with Crippen molar-refractivity contribution in [1.82, 2.24) is 9.21 Å². The van der Waals surface area contributed by atoms with Gasteiger partial charge in [0.2, 0.25) is 15.9 Å². The molecule has 0 aliphatic carbocycles. The number of carbonyl (C=O) groups is 1. The van der Waals surface area contributed by atoms with Gasteiger partial charge in [0.25, 0.3) is 0 Å². The van der Waals surface area contributed by atoms with Gasteiger partial charge in [-0.25, -0.2) is 17.2 Å². The van der Waals surface area contributed by atoms with Crippen LogP contribution in [0.15, 0.2) is 46.2 Å². The smallest absolute Gasteiger partial charge is 0.243 e. The van der Waals surface area contributed by atoms with Crippen molar-refractivity contribution in [3.05, 3.63) is 48.0 Å². The number of sulfonamides is 1. The van der Waals surface area contributed by atoms with Crippen LogP contribution in [0.1, 0.15) is 0 Å². The van der Waals surface area contributed by atoms with Gasteiger partial charge in [-0.3, -0.25) is 4.79 Å². The Balaban J connectivity index is 1.59. The van der Waals surface area contributed by atoms with Crippen LogP contribution in [0.2, 0.25) is 0 Å². The molecule has 1 heterocycles. The SMILES string of the molecule is COc1ccc(S(=O)(=O)N2CCN(C(=O)CSc3ccc(F)c(F)c3)CC2)cc1OC. The highest BCUT2D eigenvalue weighted by Gasteiger charge is 2.30. The van der Waals surface area contributed by atoms with Crippen molar-refractivity contribution in [2.75, 3.05) is 46.2 Å². The number of methoxy groups -OCH3 is 2. The largest absolute Gasteiger partial charge is 0.493 e. The Hall–Kier alpha value is -2.37. The zero-order chi connectivity index (χ0) is 22.6. The molecule has 3 rings (SSSR count). The summed E-state index contributed by atoms with van der Waals surface area (Å²) in [7, 11) is -0.862. The highest BCUT2D eigenvalue weighted by molar-refractivity contribution is 8.00. The first-order valence-corrected chi connectivity index (χ1v) is 11.8. The van der Waals surface area contributed by atoms with Crippen LogP contribution in [0.4, 0.5) is 8.78 Å². The van der Waals surface area contributed by atoms with Gasteiger partial charge in [0.05, 0.1) is 24.9 Å². The highest BCUT2D eigenvalue weighted by Crippen LogP contribution is 2.31. The molecular weight excluding hydrogens is 450 g/mol. The molecule has 0 saturated carbocycles. The van der Waals surface area contributed by atoms with Crippen LogP contribution in [0.3, 0.4) is 0 Å². The fraction of sp³-hybridized carbons (Fsp3) is 0.350. The van der Waals surface area contributed by atoms with Crippen LogP contribution in [-0.2, 0) is 14.8 Å². The fourth-order valence-corrected chi connectivity index (χ4v) is 5.37. The zero-order valence-electron chi connectivity index (χ0n) is 17.0. The molecule has 1 fully saturated rings. The Morgan fingerprint density at radius 3 is 2.26 bits per heavy atom. The van der Waals surface area contributed by atoms with E-state index < -0.39 is 21.7 Å². The molecule has 2 aromatic rings. The van der Waals surface area contributed by atoms with Crippen molar-refractivity contribution in [3.8, 4) is 11.5 Å². The monoisotopic (exact) mass is 472 g/mol. The lowest BCUT2D eigenvalue weighted by Gasteiger charge is -2.34. The molecule has 7 nitrogen and oxygen atoms in total. The second-order valence-corrected chi connectivity index (χ2v) is 9.65. The molecule has 1 saturated heterocycles. The van der Waals surface area contributed by atoms with Gasteiger partial charge in [0.1, 0.15) is 0 Å². The Morgan fingerprint density at radius 1 is 0.968 bits per heavy atom. The summed E-state index contributed by atoms with van der Waals surface area (Å²) in [6, 6.07) is 7.85. The molecule has 1 amide bonds. The average Bonchev–Trinajstić information content (AvgIpc) is 2.79. The van der Waals surface area contributed by atoms with Gasteiger partial charge in [-0.05, 0) is 30.3 Å². The molecule has 0 atom stereocenters. The summed E-state index contributed by atoms with van der Waals surface area (Å²) in [5.41, 5.74) is 0. The van der Waals surface area contributed by atoms with Crippen molar-refractivity contribution in [2.24, 2.45) is 0 Å². The number of hydrogen-bond donors (Lipinski definition) is 0. The number of rotatable bonds is 7. The van der Waals surface area contributed by atoms with Gasteiger partial charge < -0.3 is 14.4 Å². The van der Waals surface area contributed by atoms with Crippen molar-refractivity contribution in [2.45, 2.75) is 9.79 Å². The van der Waals surface area contributed by atoms with E-state index in [9.17, 15) is 22.0 Å². The third-order valence-electron chi connectivity index (χ3n) is 4.84. The van der Waals surface area contributed by atoms with Crippen molar-refractivity contribution in [3.63, 3.8) is 0 Å². The number of thioether (sulfide) groups is 1. The van der Waals surface area contributed by atoms with Crippen molar-refractivity contribution >= 4 is 27.7 Å². The first-order chi connectivity index (χ1) is 14.8. The van der Waals surface area contributed by atoms with Gasteiger partial charge in [0.15, 0.2) is 23.1 Å². The summed E-state index contributed by atoms with van der Waals surface area (Å²) < 4.78 is 63.8. The van der Waals surface area contributed by atoms with Gasteiger partial charge in [0, 0.05) is 37.1 Å². The highest BCUT2D eigenvalue weighted by atomic mass is 32.2. The minimum atomic E-state index is -3.76. The number of piperazine rings is 1. The number of benzene rings is 2. The number of amides is 1. The Bertz CT molecular complexity index is 1060. The topological polar surface area (TPSA) is 76.2 Å². The molecular formula is C20H22F2N2O5S2. The van der Waals surface area contributed by atoms with Crippen LogP contribution in [-0.4, -0.2) is 69.7 Å². The van der Waals surface area contributed by atoms with Crippen LogP contribution in [0.25, 0.3) is 0 Å². The number of carbonyl (C=O) groups excluding carboxylic acids is 1. The van der Waals surface area contributed by atoms with E-state index in [0.29, 0.717) is 16.4 Å². The summed E-state index contributed by atoms with van der Waals surface area (Å²) >= 11 is 1.10. The summed E-state index contributed by atoms with van der Waals surface area (Å²) in [5.74, 6) is -1.32. The summed E-state index contributed by atoms with van der Waals surface area (Å²) in [5, 5.41) is 0. The maximum Gasteiger partial charge on any atom is 0.243 e. The van der Waals surface area contributed by atoms with E-state index in [1.54, 1.807) is 4.90 Å². The van der Waals surface area contributed by atoms with E-state index >= 15 is 0 Å². The van der Waals surface area contributed by atoms with E-state index in [4.69, 9.17) is 9.47 Å². The molecule has 0 spiro atoms. The van der Waals surface area contributed by atoms with Crippen LogP contribution >= 0.6 is 11.8 Å². The van der Waals surface area contributed by atoms with E-state index in [1.807, 2.05) is 0 Å². The summed E-state index contributed by atoms with van der Waals surface area (Å²) in [6.07, 6.45) is 0. The molecule has 0 radical (unpaired) electrons. The minimum absolute atomic E-state index is 0.0491. The Morgan fingerprint density at radius 2 is 1.65 bits per heavy atom. The third kappa shape index (κ3) is 5.28. The third-order valence-corrected chi connectivity index (χ3v) is 7.71. The molecule has 2 aromatic carbocycles. The number of ether oxygens (including phenoxy) is 2. The number of halogens is 2. The molecule has 11 heteroatoms. The second-order valence-electron chi connectivity index (χ2n) is 6.67. The summed E-state index contributed by atoms with van der Waals surface area (Å²) in [4.78, 5) is 14.5. The molecule has 0 bridgehead atoms. The van der Waals surface area contributed by atoms with Gasteiger partial charge in [-0.1, -0.05) is 0 Å². The molecule has 168 valence electrons. The molecule has 0 aromatic heterocycles. The quantitative estimate of drug-likeness (QED) is 0.577. The first kappa shape index (κ1) is 23.3. The van der Waals surface area contributed by atoms with Crippen LogP contribution in [0.5, 0.6) is 11.5 Å². The van der Waals surface area contributed by atoms with E-state index in [2.05, 4.69) is 0 Å². The van der Waals surface area contributed by atoms with E-state index in [1.165, 1.54) is 42.8 Å². The normalized spacial score (nSPS) is 15.0. The number of hydrogen-bond acceptors (Lipinski definition) is 6. The van der Waals surface area contributed by atoms with Crippen LogP contribution < -0.4 is 9.47 Å². The molecule has 1 aliphatic rings. The molecule has 1 aliphatic heterocycles. The maximum absolute atomic E-state index is 13.3. The zero-order valence-corrected chi connectivity index (χ0v) is 18.6. The van der Waals surface area contributed by atoms with Crippen LogP contribution in [0, 0.1) is 11.6 Å². The standard InChI is InChI=1S/C20H22F2N2O5S2/c1-28-18-6-4-15(12-19(18)29-2)31(26,27)24-9-7-23(8-10-24)20(25)13-30-14-3-5-16(21)17(22)11-14/h3-6,11-12H,7-10,13H2,1-2H3. The predicted molar refractivity (Wildman–Crippen MR) is 112 cm³/mol. The first-order valence-electron chi connectivity index (χ1n) is 9.34. The van der Waals surface area contributed by atoms with Crippen molar-refractivity contribution < 1.29 is 31.5 Å². The second kappa shape index (κ2) is 9.84. The summed E-state index contributed by atoms with van der Waals surface area (Å²) in [6.45, 7) is 0.782. The Labute approximate surface area is 184 Å². The van der Waals surface area contributed by atoms with Gasteiger partial charge in [-0.15, -0.1) is 11.8 Å². The molecule has 0 unspecified atom stereocenters. The van der Waals surface area contributed by atoms with Crippen molar-refractivity contribution in [1.29, 1.82) is 0 Å². The van der Waals surface area contributed by atoms with E-state index in [-0.39, 0.29) is 42.7 Å². The van der Waals surface area contributed by atoms with Gasteiger partial charge >= 0.3 is 0 Å². The lowest BCUT2D eigenvalue weighted by molar-refractivity contribution is -0.129. The van der Waals surface area contributed by atoms with E-state index in [0.717, 1.165) is 23.9 Å².